The summed E-state index contributed by atoms with van der Waals surface area (Å²) in [5.74, 6) is 0. The number of aromatic nitrogens is 3. The highest BCUT2D eigenvalue weighted by molar-refractivity contribution is 5.81. The summed E-state index contributed by atoms with van der Waals surface area (Å²) < 4.78 is 2.89. The van der Waals surface area contributed by atoms with E-state index in [1.54, 1.807) is 47.3 Å². The standard InChI is InChI=1S/C20H23N5O2/c21-15-4-5-18-17(14-15)19(26)25(16-6-8-22-9-7-16)20(27)24(18)13-12-23-10-2-1-3-11-23/h4-9,14H,1-3,10-13,21H2. The van der Waals surface area contributed by atoms with Gasteiger partial charge in [0, 0.05) is 31.2 Å². The van der Waals surface area contributed by atoms with Crippen LogP contribution in [0.15, 0.2) is 52.3 Å². The molecule has 1 aliphatic heterocycles. The fourth-order valence-electron chi connectivity index (χ4n) is 3.75. The highest BCUT2D eigenvalue weighted by Gasteiger charge is 2.16. The summed E-state index contributed by atoms with van der Waals surface area (Å²) in [5.41, 5.74) is 6.85. The largest absolute Gasteiger partial charge is 0.399 e. The van der Waals surface area contributed by atoms with Gasteiger partial charge in [-0.05, 0) is 56.3 Å². The van der Waals surface area contributed by atoms with Gasteiger partial charge in [-0.1, -0.05) is 6.42 Å². The highest BCUT2D eigenvalue weighted by atomic mass is 16.2. The van der Waals surface area contributed by atoms with Crippen LogP contribution in [0, 0.1) is 0 Å². The lowest BCUT2D eigenvalue weighted by molar-refractivity contribution is 0.220. The molecule has 3 aromatic rings. The molecule has 2 N–H and O–H groups in total. The van der Waals surface area contributed by atoms with Crippen molar-refractivity contribution in [2.45, 2.75) is 25.8 Å². The summed E-state index contributed by atoms with van der Waals surface area (Å²) in [6.07, 6.45) is 6.81. The second kappa shape index (κ2) is 7.36. The molecular weight excluding hydrogens is 342 g/mol. The minimum absolute atomic E-state index is 0.333. The van der Waals surface area contributed by atoms with Crippen LogP contribution in [0.4, 0.5) is 5.69 Å². The molecule has 3 heterocycles. The van der Waals surface area contributed by atoms with Gasteiger partial charge in [-0.15, -0.1) is 0 Å². The minimum atomic E-state index is -0.359. The second-order valence-corrected chi connectivity index (χ2v) is 6.96. The van der Waals surface area contributed by atoms with Crippen LogP contribution in [0.25, 0.3) is 16.6 Å². The van der Waals surface area contributed by atoms with E-state index in [1.165, 1.54) is 23.8 Å². The molecule has 0 spiro atoms. The van der Waals surface area contributed by atoms with Crippen LogP contribution in [0.2, 0.25) is 0 Å². The van der Waals surface area contributed by atoms with Crippen molar-refractivity contribution < 1.29 is 0 Å². The van der Waals surface area contributed by atoms with Gasteiger partial charge in [-0.25, -0.2) is 9.36 Å². The fraction of sp³-hybridized carbons (Fsp3) is 0.350. The average Bonchev–Trinajstić information content (AvgIpc) is 2.70. The molecule has 1 fully saturated rings. The Balaban J connectivity index is 1.86. The molecule has 0 aliphatic carbocycles. The Morgan fingerprint density at radius 2 is 1.70 bits per heavy atom. The number of nitrogen functional groups attached to an aromatic ring is 1. The first kappa shape index (κ1) is 17.5. The summed E-state index contributed by atoms with van der Waals surface area (Å²) in [4.78, 5) is 32.6. The van der Waals surface area contributed by atoms with Crippen molar-refractivity contribution in [3.63, 3.8) is 0 Å². The molecule has 0 saturated carbocycles. The van der Waals surface area contributed by atoms with E-state index in [0.29, 0.717) is 28.8 Å². The topological polar surface area (TPSA) is 86.1 Å². The molecule has 7 nitrogen and oxygen atoms in total. The van der Waals surface area contributed by atoms with Crippen LogP contribution in [0.3, 0.4) is 0 Å². The molecule has 7 heteroatoms. The number of piperidine rings is 1. The molecule has 0 atom stereocenters. The Morgan fingerprint density at radius 1 is 0.963 bits per heavy atom. The molecule has 140 valence electrons. The van der Waals surface area contributed by atoms with Crippen molar-refractivity contribution in [2.24, 2.45) is 0 Å². The molecule has 4 rings (SSSR count). The number of nitrogens with two attached hydrogens (primary N) is 1. The second-order valence-electron chi connectivity index (χ2n) is 6.96. The summed E-state index contributed by atoms with van der Waals surface area (Å²) in [6.45, 7) is 3.44. The highest BCUT2D eigenvalue weighted by Crippen LogP contribution is 2.15. The molecular formula is C20H23N5O2. The lowest BCUT2D eigenvalue weighted by Crippen LogP contribution is -2.41. The number of anilines is 1. The number of rotatable bonds is 4. The lowest BCUT2D eigenvalue weighted by atomic mass is 10.1. The number of likely N-dealkylation sites (tertiary alicyclic amines) is 1. The van der Waals surface area contributed by atoms with Gasteiger partial charge in [-0.2, -0.15) is 0 Å². The third-order valence-electron chi connectivity index (χ3n) is 5.18. The number of nitrogens with zero attached hydrogens (tertiary/aromatic N) is 4. The maximum Gasteiger partial charge on any atom is 0.336 e. The molecule has 2 aromatic heterocycles. The third kappa shape index (κ3) is 3.38. The third-order valence-corrected chi connectivity index (χ3v) is 5.18. The van der Waals surface area contributed by atoms with Gasteiger partial charge in [-0.3, -0.25) is 14.3 Å². The predicted octanol–water partition coefficient (Wildman–Crippen LogP) is 1.62. The van der Waals surface area contributed by atoms with Crippen LogP contribution in [-0.4, -0.2) is 38.7 Å². The molecule has 0 bridgehead atoms. The first-order valence-corrected chi connectivity index (χ1v) is 9.33. The first-order chi connectivity index (χ1) is 13.1. The van der Waals surface area contributed by atoms with E-state index in [0.717, 1.165) is 19.6 Å². The lowest BCUT2D eigenvalue weighted by Gasteiger charge is -2.27. The van der Waals surface area contributed by atoms with Gasteiger partial charge in [0.2, 0.25) is 0 Å². The maximum atomic E-state index is 13.2. The Bertz CT molecular complexity index is 1070. The van der Waals surface area contributed by atoms with Crippen molar-refractivity contribution in [2.75, 3.05) is 25.4 Å². The zero-order valence-electron chi connectivity index (χ0n) is 15.2. The molecule has 1 aliphatic rings. The maximum absolute atomic E-state index is 13.2. The van der Waals surface area contributed by atoms with Crippen molar-refractivity contribution >= 4 is 16.6 Å². The quantitative estimate of drug-likeness (QED) is 0.710. The summed E-state index contributed by atoms with van der Waals surface area (Å²) in [5, 5.41) is 0.449. The number of hydrogen-bond donors (Lipinski definition) is 1. The van der Waals surface area contributed by atoms with Gasteiger partial charge in [0.25, 0.3) is 5.56 Å². The van der Waals surface area contributed by atoms with Gasteiger partial charge >= 0.3 is 5.69 Å². The van der Waals surface area contributed by atoms with E-state index in [9.17, 15) is 9.59 Å². The molecule has 27 heavy (non-hydrogen) atoms. The van der Waals surface area contributed by atoms with Crippen LogP contribution >= 0.6 is 0 Å². The predicted molar refractivity (Wildman–Crippen MR) is 106 cm³/mol. The number of fused-ring (bicyclic) bond motifs is 1. The molecule has 0 unspecified atom stereocenters. The van der Waals surface area contributed by atoms with E-state index >= 15 is 0 Å². The molecule has 1 saturated heterocycles. The number of hydrogen-bond acceptors (Lipinski definition) is 5. The Labute approximate surface area is 156 Å². The summed E-state index contributed by atoms with van der Waals surface area (Å²) >= 11 is 0. The van der Waals surface area contributed by atoms with Crippen molar-refractivity contribution in [3.05, 3.63) is 63.6 Å². The number of pyridine rings is 1. The van der Waals surface area contributed by atoms with Crippen molar-refractivity contribution in [3.8, 4) is 5.69 Å². The monoisotopic (exact) mass is 365 g/mol. The van der Waals surface area contributed by atoms with E-state index in [-0.39, 0.29) is 11.2 Å². The zero-order valence-corrected chi connectivity index (χ0v) is 15.2. The smallest absolute Gasteiger partial charge is 0.336 e. The minimum Gasteiger partial charge on any atom is -0.399 e. The van der Waals surface area contributed by atoms with Crippen LogP contribution in [0.1, 0.15) is 19.3 Å². The van der Waals surface area contributed by atoms with Gasteiger partial charge in [0.05, 0.1) is 16.6 Å². The fourth-order valence-corrected chi connectivity index (χ4v) is 3.75. The number of benzene rings is 1. The SMILES string of the molecule is Nc1ccc2c(c1)c(=O)n(-c1ccncc1)c(=O)n2CCN1CCCCC1. The van der Waals surface area contributed by atoms with Gasteiger partial charge in [0.15, 0.2) is 0 Å². The van der Waals surface area contributed by atoms with E-state index in [1.807, 2.05) is 0 Å². The summed E-state index contributed by atoms with van der Waals surface area (Å²) in [6, 6.07) is 8.47. The molecule has 1 aromatic carbocycles. The first-order valence-electron chi connectivity index (χ1n) is 9.33. The Hall–Kier alpha value is -2.93. The van der Waals surface area contributed by atoms with Gasteiger partial charge < -0.3 is 10.6 Å². The molecule has 0 radical (unpaired) electrons. The van der Waals surface area contributed by atoms with Crippen molar-refractivity contribution in [1.82, 2.24) is 19.0 Å². The van der Waals surface area contributed by atoms with Crippen LogP contribution in [-0.2, 0) is 6.54 Å². The van der Waals surface area contributed by atoms with Crippen LogP contribution in [0.5, 0.6) is 0 Å². The van der Waals surface area contributed by atoms with E-state index in [4.69, 9.17) is 5.73 Å². The Kier molecular flexibility index (Phi) is 4.77. The Morgan fingerprint density at radius 3 is 2.44 bits per heavy atom. The van der Waals surface area contributed by atoms with Gasteiger partial charge in [0.1, 0.15) is 0 Å². The van der Waals surface area contributed by atoms with Crippen molar-refractivity contribution in [1.29, 1.82) is 0 Å². The zero-order chi connectivity index (χ0) is 18.8. The normalized spacial score (nSPS) is 15.3. The molecule has 0 amide bonds. The van der Waals surface area contributed by atoms with E-state index in [2.05, 4.69) is 9.88 Å². The average molecular weight is 365 g/mol. The van der Waals surface area contributed by atoms with Crippen LogP contribution < -0.4 is 17.0 Å². The van der Waals surface area contributed by atoms with E-state index < -0.39 is 0 Å². The summed E-state index contributed by atoms with van der Waals surface area (Å²) in [7, 11) is 0.